The van der Waals surface area contributed by atoms with Crippen LogP contribution < -0.4 is 4.90 Å². The Morgan fingerprint density at radius 1 is 0.920 bits per heavy atom. The van der Waals surface area contributed by atoms with Gasteiger partial charge in [-0.1, -0.05) is 42.0 Å². The summed E-state index contributed by atoms with van der Waals surface area (Å²) in [5, 5.41) is 1.10. The fourth-order valence-electron chi connectivity index (χ4n) is 3.48. The van der Waals surface area contributed by atoms with Crippen LogP contribution in [0.2, 0.25) is 0 Å². The minimum absolute atomic E-state index is 0.195. The Labute approximate surface area is 148 Å². The predicted octanol–water partition coefficient (Wildman–Crippen LogP) is 4.22. The topological polar surface area (TPSA) is 38.2 Å². The number of aromatic nitrogens is 2. The average Bonchev–Trinajstić information content (AvgIpc) is 2.60. The van der Waals surface area contributed by atoms with Crippen LogP contribution in [0.3, 0.4) is 0 Å². The Morgan fingerprint density at radius 2 is 1.60 bits per heavy atom. The van der Waals surface area contributed by atoms with E-state index < -0.39 is 0 Å². The highest BCUT2D eigenvalue weighted by Crippen LogP contribution is 2.29. The van der Waals surface area contributed by atoms with Gasteiger partial charge < -0.3 is 9.64 Å². The maximum atomic E-state index is 5.89. The van der Waals surface area contributed by atoms with Gasteiger partial charge in [-0.2, -0.15) is 0 Å². The molecular formula is C21H23N3O. The van der Waals surface area contributed by atoms with Crippen LogP contribution in [-0.4, -0.2) is 35.3 Å². The molecule has 0 radical (unpaired) electrons. The highest BCUT2D eigenvalue weighted by molar-refractivity contribution is 5.91. The first-order chi connectivity index (χ1) is 12.1. The van der Waals surface area contributed by atoms with Crippen LogP contribution in [0.25, 0.3) is 22.3 Å². The molecular weight excluding hydrogens is 310 g/mol. The summed E-state index contributed by atoms with van der Waals surface area (Å²) in [5.74, 6) is 1.78. The summed E-state index contributed by atoms with van der Waals surface area (Å²) < 4.78 is 5.89. The second-order valence-corrected chi connectivity index (χ2v) is 6.92. The van der Waals surface area contributed by atoms with E-state index in [0.29, 0.717) is 0 Å². The van der Waals surface area contributed by atoms with E-state index in [0.717, 1.165) is 41.2 Å². The molecule has 25 heavy (non-hydrogen) atoms. The molecule has 0 aliphatic carbocycles. The average molecular weight is 333 g/mol. The largest absolute Gasteiger partial charge is 0.372 e. The molecule has 3 aromatic rings. The number of ether oxygens (including phenoxy) is 1. The van der Waals surface area contributed by atoms with E-state index >= 15 is 0 Å². The molecule has 4 heteroatoms. The van der Waals surface area contributed by atoms with Gasteiger partial charge in [0.1, 0.15) is 5.82 Å². The lowest BCUT2D eigenvalue weighted by Gasteiger charge is -2.36. The summed E-state index contributed by atoms with van der Waals surface area (Å²) in [4.78, 5) is 12.1. The lowest BCUT2D eigenvalue weighted by atomic mass is 10.1. The fraction of sp³-hybridized carbons (Fsp3) is 0.333. The molecule has 1 aliphatic rings. The third-order valence-corrected chi connectivity index (χ3v) is 4.61. The minimum atomic E-state index is 0.195. The number of hydrogen-bond donors (Lipinski definition) is 0. The number of rotatable bonds is 2. The van der Waals surface area contributed by atoms with E-state index in [4.69, 9.17) is 14.7 Å². The van der Waals surface area contributed by atoms with E-state index in [-0.39, 0.29) is 12.2 Å². The number of benzene rings is 2. The van der Waals surface area contributed by atoms with Crippen LogP contribution in [0.4, 0.5) is 5.82 Å². The Kier molecular flexibility index (Phi) is 4.14. The molecule has 0 spiro atoms. The smallest absolute Gasteiger partial charge is 0.162 e. The van der Waals surface area contributed by atoms with E-state index in [1.54, 1.807) is 0 Å². The van der Waals surface area contributed by atoms with Crippen molar-refractivity contribution in [2.75, 3.05) is 18.0 Å². The zero-order valence-corrected chi connectivity index (χ0v) is 14.9. The molecule has 4 rings (SSSR count). The fourth-order valence-corrected chi connectivity index (χ4v) is 3.48. The molecule has 0 saturated carbocycles. The molecule has 1 aliphatic heterocycles. The molecule has 4 nitrogen and oxygen atoms in total. The van der Waals surface area contributed by atoms with Crippen molar-refractivity contribution in [2.24, 2.45) is 0 Å². The normalized spacial score (nSPS) is 20.8. The Bertz CT molecular complexity index is 881. The summed E-state index contributed by atoms with van der Waals surface area (Å²) in [6, 6.07) is 16.6. The van der Waals surface area contributed by atoms with Gasteiger partial charge in [-0.15, -0.1) is 0 Å². The van der Waals surface area contributed by atoms with Gasteiger partial charge in [0.25, 0.3) is 0 Å². The van der Waals surface area contributed by atoms with Crippen LogP contribution in [-0.2, 0) is 4.74 Å². The lowest BCUT2D eigenvalue weighted by Crippen LogP contribution is -2.46. The highest BCUT2D eigenvalue weighted by Gasteiger charge is 2.25. The van der Waals surface area contributed by atoms with Crippen LogP contribution in [0, 0.1) is 6.92 Å². The summed E-state index contributed by atoms with van der Waals surface area (Å²) in [6.07, 6.45) is 0.389. The SMILES string of the molecule is Cc1ccc(-c2nc(N3C[C@@H](C)O[C@H](C)C3)c3ccccc3n2)cc1. The van der Waals surface area contributed by atoms with E-state index in [1.165, 1.54) is 5.56 Å². The van der Waals surface area contributed by atoms with Crippen LogP contribution >= 0.6 is 0 Å². The highest BCUT2D eigenvalue weighted by atomic mass is 16.5. The molecule has 2 atom stereocenters. The Hall–Kier alpha value is -2.46. The second kappa shape index (κ2) is 6.45. The monoisotopic (exact) mass is 333 g/mol. The Balaban J connectivity index is 1.85. The maximum absolute atomic E-state index is 5.89. The number of aryl methyl sites for hydroxylation is 1. The molecule has 128 valence electrons. The zero-order valence-electron chi connectivity index (χ0n) is 14.9. The molecule has 0 bridgehead atoms. The summed E-state index contributed by atoms with van der Waals surface area (Å²) in [5.41, 5.74) is 3.27. The standard InChI is InChI=1S/C21H23N3O/c1-14-8-10-17(11-9-14)20-22-19-7-5-4-6-18(19)21(23-20)24-12-15(2)25-16(3)13-24/h4-11,15-16H,12-13H2,1-3H3/t15-,16-/m1/s1. The molecule has 2 aromatic carbocycles. The first-order valence-corrected chi connectivity index (χ1v) is 8.84. The third kappa shape index (κ3) is 3.22. The first-order valence-electron chi connectivity index (χ1n) is 8.84. The van der Waals surface area contributed by atoms with Crippen molar-refractivity contribution >= 4 is 16.7 Å². The van der Waals surface area contributed by atoms with E-state index in [9.17, 15) is 0 Å². The molecule has 0 amide bonds. The molecule has 0 unspecified atom stereocenters. The van der Waals surface area contributed by atoms with Crippen molar-refractivity contribution < 1.29 is 4.74 Å². The second-order valence-electron chi connectivity index (χ2n) is 6.92. The number of fused-ring (bicyclic) bond motifs is 1. The van der Waals surface area contributed by atoms with Gasteiger partial charge in [0.05, 0.1) is 17.7 Å². The van der Waals surface area contributed by atoms with Crippen molar-refractivity contribution in [2.45, 2.75) is 33.0 Å². The van der Waals surface area contributed by atoms with Crippen LogP contribution in [0.15, 0.2) is 48.5 Å². The lowest BCUT2D eigenvalue weighted by molar-refractivity contribution is -0.00536. The first kappa shape index (κ1) is 16.0. The van der Waals surface area contributed by atoms with Gasteiger partial charge in [-0.05, 0) is 32.9 Å². The van der Waals surface area contributed by atoms with Crippen molar-refractivity contribution in [3.05, 3.63) is 54.1 Å². The number of para-hydroxylation sites is 1. The van der Waals surface area contributed by atoms with Crippen molar-refractivity contribution in [3.8, 4) is 11.4 Å². The van der Waals surface area contributed by atoms with Gasteiger partial charge in [0.15, 0.2) is 5.82 Å². The molecule has 1 fully saturated rings. The molecule has 0 N–H and O–H groups in total. The maximum Gasteiger partial charge on any atom is 0.162 e. The van der Waals surface area contributed by atoms with E-state index in [1.807, 2.05) is 12.1 Å². The number of nitrogens with zero attached hydrogens (tertiary/aromatic N) is 3. The van der Waals surface area contributed by atoms with Gasteiger partial charge >= 0.3 is 0 Å². The summed E-state index contributed by atoms with van der Waals surface area (Å²) in [7, 11) is 0. The third-order valence-electron chi connectivity index (χ3n) is 4.61. The summed E-state index contributed by atoms with van der Waals surface area (Å²) in [6.45, 7) is 8.02. The van der Waals surface area contributed by atoms with Crippen molar-refractivity contribution in [1.82, 2.24) is 9.97 Å². The van der Waals surface area contributed by atoms with Crippen LogP contribution in [0.1, 0.15) is 19.4 Å². The minimum Gasteiger partial charge on any atom is -0.372 e. The van der Waals surface area contributed by atoms with E-state index in [2.05, 4.69) is 62.1 Å². The van der Waals surface area contributed by atoms with Gasteiger partial charge in [-0.3, -0.25) is 0 Å². The van der Waals surface area contributed by atoms with Crippen LogP contribution in [0.5, 0.6) is 0 Å². The van der Waals surface area contributed by atoms with Crippen molar-refractivity contribution in [1.29, 1.82) is 0 Å². The quantitative estimate of drug-likeness (QED) is 0.704. The van der Waals surface area contributed by atoms with Gasteiger partial charge in [-0.25, -0.2) is 9.97 Å². The number of anilines is 1. The Morgan fingerprint density at radius 3 is 2.32 bits per heavy atom. The van der Waals surface area contributed by atoms with Gasteiger partial charge in [0, 0.05) is 24.0 Å². The van der Waals surface area contributed by atoms with Gasteiger partial charge in [0.2, 0.25) is 0 Å². The molecule has 2 heterocycles. The zero-order chi connectivity index (χ0) is 17.4. The van der Waals surface area contributed by atoms with Crippen molar-refractivity contribution in [3.63, 3.8) is 0 Å². The number of morpholine rings is 1. The molecule has 1 saturated heterocycles. The number of hydrogen-bond acceptors (Lipinski definition) is 4. The summed E-state index contributed by atoms with van der Waals surface area (Å²) >= 11 is 0. The predicted molar refractivity (Wildman–Crippen MR) is 102 cm³/mol. The molecule has 1 aromatic heterocycles.